The van der Waals surface area contributed by atoms with Gasteiger partial charge in [-0.2, -0.15) is 13.2 Å². The van der Waals surface area contributed by atoms with Gasteiger partial charge in [0, 0.05) is 26.7 Å². The Bertz CT molecular complexity index is 816. The fourth-order valence-corrected chi connectivity index (χ4v) is 3.16. The van der Waals surface area contributed by atoms with Crippen LogP contribution in [0, 0.1) is 0 Å². The van der Waals surface area contributed by atoms with E-state index in [1.807, 2.05) is 31.1 Å². The molecule has 0 aliphatic heterocycles. The van der Waals surface area contributed by atoms with Crippen molar-refractivity contribution in [2.75, 3.05) is 21.1 Å². The minimum Gasteiger partial charge on any atom is -0.363 e. The minimum absolute atomic E-state index is 0.0940. The molecule has 0 amide bonds. The summed E-state index contributed by atoms with van der Waals surface area (Å²) in [6.45, 7) is 6.48. The molecule has 2 nitrogen and oxygen atoms in total. The summed E-state index contributed by atoms with van der Waals surface area (Å²) in [5.74, 6) is 0.807. The zero-order valence-electron chi connectivity index (χ0n) is 16.8. The molecule has 2 aromatic carbocycles. The molecule has 0 heterocycles. The highest BCUT2D eigenvalue weighted by Crippen LogP contribution is 2.37. The highest BCUT2D eigenvalue weighted by Gasteiger charge is 2.31. The van der Waals surface area contributed by atoms with E-state index in [4.69, 9.17) is 0 Å². The van der Waals surface area contributed by atoms with E-state index in [0.29, 0.717) is 0 Å². The van der Waals surface area contributed by atoms with E-state index in [-0.39, 0.29) is 5.41 Å². The van der Waals surface area contributed by atoms with E-state index >= 15 is 0 Å². The first kappa shape index (κ1) is 21.0. The third-order valence-corrected chi connectivity index (χ3v) is 5.06. The molecule has 5 heteroatoms. The van der Waals surface area contributed by atoms with Crippen molar-refractivity contribution < 1.29 is 13.2 Å². The second-order valence-electron chi connectivity index (χ2n) is 7.48. The van der Waals surface area contributed by atoms with E-state index in [1.54, 1.807) is 7.05 Å². The number of nitrogens with zero attached hydrogens (tertiary/aromatic N) is 2. The van der Waals surface area contributed by atoms with Crippen LogP contribution in [0.2, 0.25) is 0 Å². The summed E-state index contributed by atoms with van der Waals surface area (Å²) < 4.78 is 38.8. The number of hydrogen-bond acceptors (Lipinski definition) is 1. The van der Waals surface area contributed by atoms with Crippen molar-refractivity contribution in [3.63, 3.8) is 0 Å². The fourth-order valence-electron chi connectivity index (χ4n) is 3.16. The standard InChI is InChI=1S/C22H27F3N2/c1-7-21(2,3)18-10-8-9-17(19(18)20(26-4)27(5)6)15-11-13-16(14-12-15)22(23,24)25/h8-14H,7H2,1-6H3. The zero-order valence-corrected chi connectivity index (χ0v) is 16.8. The van der Waals surface area contributed by atoms with Gasteiger partial charge in [-0.3, -0.25) is 4.99 Å². The number of hydrogen-bond donors (Lipinski definition) is 0. The minimum atomic E-state index is -4.34. The highest BCUT2D eigenvalue weighted by molar-refractivity contribution is 6.05. The first-order valence-electron chi connectivity index (χ1n) is 8.98. The highest BCUT2D eigenvalue weighted by atomic mass is 19.4. The molecule has 2 aromatic rings. The normalized spacial score (nSPS) is 13.0. The maximum absolute atomic E-state index is 12.9. The van der Waals surface area contributed by atoms with Crippen molar-refractivity contribution in [1.82, 2.24) is 4.90 Å². The molecule has 0 aliphatic carbocycles. The Morgan fingerprint density at radius 3 is 2.04 bits per heavy atom. The average Bonchev–Trinajstić information content (AvgIpc) is 2.61. The van der Waals surface area contributed by atoms with Crippen LogP contribution >= 0.6 is 0 Å². The Balaban J connectivity index is 2.75. The molecule has 0 aromatic heterocycles. The van der Waals surface area contributed by atoms with Gasteiger partial charge in [-0.25, -0.2) is 0 Å². The summed E-state index contributed by atoms with van der Waals surface area (Å²) in [7, 11) is 5.59. The Morgan fingerprint density at radius 1 is 1.00 bits per heavy atom. The molecule has 0 atom stereocenters. The van der Waals surface area contributed by atoms with Crippen molar-refractivity contribution in [2.24, 2.45) is 4.99 Å². The van der Waals surface area contributed by atoms with Gasteiger partial charge in [0.05, 0.1) is 5.56 Å². The van der Waals surface area contributed by atoms with Crippen molar-refractivity contribution >= 4 is 5.84 Å². The Kier molecular flexibility index (Phi) is 6.03. The van der Waals surface area contributed by atoms with Crippen LogP contribution in [0.15, 0.2) is 47.5 Å². The van der Waals surface area contributed by atoms with Gasteiger partial charge >= 0.3 is 6.18 Å². The molecule has 0 bridgehead atoms. The van der Waals surface area contributed by atoms with Crippen LogP contribution in [0.5, 0.6) is 0 Å². The van der Waals surface area contributed by atoms with Gasteiger partial charge in [0.2, 0.25) is 0 Å². The molecule has 0 aliphatic rings. The quantitative estimate of drug-likeness (QED) is 0.472. The molecule has 0 unspecified atom stereocenters. The van der Waals surface area contributed by atoms with Crippen molar-refractivity contribution in [2.45, 2.75) is 38.8 Å². The monoisotopic (exact) mass is 376 g/mol. The molecular formula is C22H27F3N2. The van der Waals surface area contributed by atoms with Crippen LogP contribution < -0.4 is 0 Å². The summed E-state index contributed by atoms with van der Waals surface area (Å²) in [4.78, 5) is 6.41. The number of halogens is 3. The first-order valence-corrected chi connectivity index (χ1v) is 8.98. The lowest BCUT2D eigenvalue weighted by atomic mass is 9.77. The largest absolute Gasteiger partial charge is 0.416 e. The number of rotatable bonds is 4. The second kappa shape index (κ2) is 7.75. The van der Waals surface area contributed by atoms with Gasteiger partial charge in [0.15, 0.2) is 0 Å². The lowest BCUT2D eigenvalue weighted by Gasteiger charge is -2.30. The van der Waals surface area contributed by atoms with Crippen LogP contribution in [-0.2, 0) is 11.6 Å². The predicted octanol–water partition coefficient (Wildman–Crippen LogP) is 6.00. The van der Waals surface area contributed by atoms with Gasteiger partial charge in [-0.1, -0.05) is 51.1 Å². The number of benzene rings is 2. The second-order valence-corrected chi connectivity index (χ2v) is 7.48. The summed E-state index contributed by atoms with van der Waals surface area (Å²) >= 11 is 0. The van der Waals surface area contributed by atoms with E-state index in [9.17, 15) is 13.2 Å². The number of alkyl halides is 3. The van der Waals surface area contributed by atoms with E-state index in [2.05, 4.69) is 31.8 Å². The smallest absolute Gasteiger partial charge is 0.363 e. The van der Waals surface area contributed by atoms with Crippen LogP contribution in [0.3, 0.4) is 0 Å². The topological polar surface area (TPSA) is 15.6 Å². The van der Waals surface area contributed by atoms with Gasteiger partial charge in [0.25, 0.3) is 0 Å². The predicted molar refractivity (Wildman–Crippen MR) is 106 cm³/mol. The van der Waals surface area contributed by atoms with Gasteiger partial charge in [0.1, 0.15) is 5.84 Å². The molecular weight excluding hydrogens is 349 g/mol. The van der Waals surface area contributed by atoms with Crippen molar-refractivity contribution in [3.8, 4) is 11.1 Å². The summed E-state index contributed by atoms with van der Waals surface area (Å²) in [6, 6.07) is 11.3. The first-order chi connectivity index (χ1) is 12.5. The molecule has 0 saturated carbocycles. The molecule has 0 N–H and O–H groups in total. The van der Waals surface area contributed by atoms with Gasteiger partial charge in [-0.05, 0) is 40.7 Å². The summed E-state index contributed by atoms with van der Waals surface area (Å²) in [6.07, 6.45) is -3.41. The van der Waals surface area contributed by atoms with Crippen LogP contribution in [0.4, 0.5) is 13.2 Å². The Morgan fingerprint density at radius 2 is 1.59 bits per heavy atom. The Hall–Kier alpha value is -2.30. The maximum atomic E-state index is 12.9. The summed E-state index contributed by atoms with van der Waals surface area (Å²) in [5.41, 5.74) is 3.00. The molecule has 0 spiro atoms. The fraction of sp³-hybridized carbons (Fsp3) is 0.409. The van der Waals surface area contributed by atoms with Crippen molar-refractivity contribution in [3.05, 3.63) is 59.2 Å². The lowest BCUT2D eigenvalue weighted by Crippen LogP contribution is -2.28. The maximum Gasteiger partial charge on any atom is 0.416 e. The van der Waals surface area contributed by atoms with Gasteiger partial charge < -0.3 is 4.90 Å². The Labute approximate surface area is 159 Å². The van der Waals surface area contributed by atoms with Crippen LogP contribution in [0.25, 0.3) is 11.1 Å². The van der Waals surface area contributed by atoms with Crippen LogP contribution in [0.1, 0.15) is 43.9 Å². The molecule has 0 saturated heterocycles. The molecule has 0 radical (unpaired) electrons. The average molecular weight is 376 g/mol. The third kappa shape index (κ3) is 4.34. The van der Waals surface area contributed by atoms with E-state index < -0.39 is 11.7 Å². The molecule has 2 rings (SSSR count). The number of amidine groups is 1. The van der Waals surface area contributed by atoms with Crippen molar-refractivity contribution in [1.29, 1.82) is 0 Å². The zero-order chi connectivity index (χ0) is 20.4. The lowest BCUT2D eigenvalue weighted by molar-refractivity contribution is -0.137. The summed E-state index contributed by atoms with van der Waals surface area (Å²) in [5, 5.41) is 0. The third-order valence-electron chi connectivity index (χ3n) is 5.06. The van der Waals surface area contributed by atoms with E-state index in [1.165, 1.54) is 12.1 Å². The van der Waals surface area contributed by atoms with E-state index in [0.717, 1.165) is 46.6 Å². The SMILES string of the molecule is CCC(C)(C)c1cccc(-c2ccc(C(F)(F)F)cc2)c1C(=NC)N(C)C. The molecule has 146 valence electrons. The molecule has 0 fully saturated rings. The number of aliphatic imine (C=N–C) groups is 1. The molecule has 27 heavy (non-hydrogen) atoms. The van der Waals surface area contributed by atoms with Gasteiger partial charge in [-0.15, -0.1) is 0 Å². The van der Waals surface area contributed by atoms with Crippen LogP contribution in [-0.4, -0.2) is 31.9 Å².